The molecule has 1 aliphatic heterocycles. The van der Waals surface area contributed by atoms with Crippen LogP contribution in [0.25, 0.3) is 11.1 Å². The lowest BCUT2D eigenvalue weighted by Gasteiger charge is -2.32. The minimum atomic E-state index is -0.0433. The van der Waals surface area contributed by atoms with Crippen molar-refractivity contribution in [3.63, 3.8) is 0 Å². The third kappa shape index (κ3) is 4.20. The standard InChI is InChI=1S/C27H26N4O/c1-30-17-22-6-2-3-8-24(22)26(18-30)29-27(32)25-9-5-4-7-23(25)21-12-10-20(11-13-21)16-31-15-14-28-19-31/h2-15,19,26H,16-18H2,1H3,(H,29,32). The van der Waals surface area contributed by atoms with Crippen molar-refractivity contribution in [1.29, 1.82) is 0 Å². The van der Waals surface area contributed by atoms with Gasteiger partial charge < -0.3 is 9.88 Å². The smallest absolute Gasteiger partial charge is 0.252 e. The predicted octanol–water partition coefficient (Wildman–Crippen LogP) is 4.51. The Kier molecular flexibility index (Phi) is 5.57. The maximum Gasteiger partial charge on any atom is 0.252 e. The lowest BCUT2D eigenvalue weighted by molar-refractivity contribution is 0.0922. The van der Waals surface area contributed by atoms with Crippen LogP contribution in [0.4, 0.5) is 0 Å². The van der Waals surface area contributed by atoms with Crippen LogP contribution in [0.1, 0.15) is 33.1 Å². The van der Waals surface area contributed by atoms with Gasteiger partial charge in [0.1, 0.15) is 0 Å². The number of nitrogens with zero attached hydrogens (tertiary/aromatic N) is 3. The van der Waals surface area contributed by atoms with E-state index in [2.05, 4.69) is 64.7 Å². The Bertz CT molecular complexity index is 1210. The van der Waals surface area contributed by atoms with Gasteiger partial charge in [0.05, 0.1) is 12.4 Å². The van der Waals surface area contributed by atoms with Gasteiger partial charge >= 0.3 is 0 Å². The van der Waals surface area contributed by atoms with E-state index in [1.54, 1.807) is 6.20 Å². The molecule has 5 nitrogen and oxygen atoms in total. The molecule has 1 N–H and O–H groups in total. The van der Waals surface area contributed by atoms with Gasteiger partial charge in [0.25, 0.3) is 5.91 Å². The van der Waals surface area contributed by atoms with Crippen LogP contribution in [0.15, 0.2) is 91.5 Å². The Morgan fingerprint density at radius 2 is 1.81 bits per heavy atom. The topological polar surface area (TPSA) is 50.2 Å². The second kappa shape index (κ2) is 8.81. The van der Waals surface area contributed by atoms with Crippen molar-refractivity contribution < 1.29 is 4.79 Å². The number of carbonyl (C=O) groups excluding carboxylic acids is 1. The second-order valence-corrected chi connectivity index (χ2v) is 8.40. The van der Waals surface area contributed by atoms with Gasteiger partial charge in [0.15, 0.2) is 0 Å². The Morgan fingerprint density at radius 1 is 1.03 bits per heavy atom. The number of aromatic nitrogens is 2. The average molecular weight is 423 g/mol. The number of imidazole rings is 1. The van der Waals surface area contributed by atoms with Gasteiger partial charge in [0.2, 0.25) is 0 Å². The van der Waals surface area contributed by atoms with Crippen molar-refractivity contribution in [1.82, 2.24) is 19.8 Å². The first-order valence-electron chi connectivity index (χ1n) is 10.9. The molecule has 0 radical (unpaired) electrons. The van der Waals surface area contributed by atoms with Crippen LogP contribution in [0.2, 0.25) is 0 Å². The summed E-state index contributed by atoms with van der Waals surface area (Å²) >= 11 is 0. The fourth-order valence-electron chi connectivity index (χ4n) is 4.46. The Morgan fingerprint density at radius 3 is 2.62 bits per heavy atom. The quantitative estimate of drug-likeness (QED) is 0.515. The molecule has 0 bridgehead atoms. The van der Waals surface area contributed by atoms with E-state index in [4.69, 9.17) is 0 Å². The van der Waals surface area contributed by atoms with E-state index in [0.29, 0.717) is 5.56 Å². The summed E-state index contributed by atoms with van der Waals surface area (Å²) in [6.07, 6.45) is 5.55. The van der Waals surface area contributed by atoms with Crippen LogP contribution >= 0.6 is 0 Å². The predicted molar refractivity (Wildman–Crippen MR) is 126 cm³/mol. The van der Waals surface area contributed by atoms with Gasteiger partial charge in [-0.05, 0) is 40.9 Å². The molecule has 1 aliphatic rings. The normalized spacial score (nSPS) is 15.8. The van der Waals surface area contributed by atoms with E-state index in [0.717, 1.165) is 30.8 Å². The third-order valence-electron chi connectivity index (χ3n) is 6.03. The van der Waals surface area contributed by atoms with E-state index in [1.165, 1.54) is 16.7 Å². The van der Waals surface area contributed by atoms with Gasteiger partial charge in [-0.3, -0.25) is 9.69 Å². The summed E-state index contributed by atoms with van der Waals surface area (Å²) < 4.78 is 2.04. The monoisotopic (exact) mass is 422 g/mol. The molecule has 0 aliphatic carbocycles. The summed E-state index contributed by atoms with van der Waals surface area (Å²) in [6, 6.07) is 24.6. The highest BCUT2D eigenvalue weighted by Gasteiger charge is 2.25. The Balaban J connectivity index is 1.38. The summed E-state index contributed by atoms with van der Waals surface area (Å²) in [5.41, 5.74) is 6.34. The van der Waals surface area contributed by atoms with Crippen molar-refractivity contribution in [2.24, 2.45) is 0 Å². The van der Waals surface area contributed by atoms with Crippen molar-refractivity contribution in [3.8, 4) is 11.1 Å². The van der Waals surface area contributed by atoms with Gasteiger partial charge in [0, 0.05) is 37.6 Å². The molecule has 0 spiro atoms. The zero-order chi connectivity index (χ0) is 21.9. The lowest BCUT2D eigenvalue weighted by Crippen LogP contribution is -2.40. The Hall–Kier alpha value is -3.70. The van der Waals surface area contributed by atoms with Gasteiger partial charge in [-0.15, -0.1) is 0 Å². The lowest BCUT2D eigenvalue weighted by atomic mass is 9.94. The Labute approximate surface area is 188 Å². The molecule has 0 saturated carbocycles. The second-order valence-electron chi connectivity index (χ2n) is 8.40. The molecule has 5 rings (SSSR count). The van der Waals surface area contributed by atoms with Crippen molar-refractivity contribution in [2.45, 2.75) is 19.1 Å². The first-order chi connectivity index (χ1) is 15.7. The minimum Gasteiger partial charge on any atom is -0.344 e. The first kappa shape index (κ1) is 20.2. The molecule has 0 saturated heterocycles. The molecule has 2 heterocycles. The average Bonchev–Trinajstić information content (AvgIpc) is 3.32. The highest BCUT2D eigenvalue weighted by atomic mass is 16.1. The van der Waals surface area contributed by atoms with E-state index in [1.807, 2.05) is 47.4 Å². The van der Waals surface area contributed by atoms with Gasteiger partial charge in [-0.25, -0.2) is 4.98 Å². The number of benzene rings is 3. The van der Waals surface area contributed by atoms with E-state index in [9.17, 15) is 4.79 Å². The van der Waals surface area contributed by atoms with E-state index >= 15 is 0 Å². The summed E-state index contributed by atoms with van der Waals surface area (Å²) in [7, 11) is 2.09. The molecule has 1 aromatic heterocycles. The maximum absolute atomic E-state index is 13.4. The minimum absolute atomic E-state index is 0.0249. The molecule has 160 valence electrons. The van der Waals surface area contributed by atoms with E-state index in [-0.39, 0.29) is 11.9 Å². The number of nitrogens with one attached hydrogen (secondary N) is 1. The fraction of sp³-hybridized carbons (Fsp3) is 0.185. The largest absolute Gasteiger partial charge is 0.344 e. The molecular formula is C27H26N4O. The van der Waals surface area contributed by atoms with Crippen LogP contribution in [0, 0.1) is 0 Å². The summed E-state index contributed by atoms with van der Waals surface area (Å²) in [5, 5.41) is 3.28. The SMILES string of the molecule is CN1Cc2ccccc2C(NC(=O)c2ccccc2-c2ccc(Cn3ccnc3)cc2)C1. The number of hydrogen-bond acceptors (Lipinski definition) is 3. The van der Waals surface area contributed by atoms with Crippen LogP contribution in [-0.4, -0.2) is 34.0 Å². The van der Waals surface area contributed by atoms with Crippen molar-refractivity contribution in [3.05, 3.63) is 114 Å². The van der Waals surface area contributed by atoms with Gasteiger partial charge in [-0.1, -0.05) is 66.7 Å². The summed E-state index contributed by atoms with van der Waals surface area (Å²) in [5.74, 6) is -0.0433. The van der Waals surface area contributed by atoms with Crippen molar-refractivity contribution >= 4 is 5.91 Å². The fourth-order valence-corrected chi connectivity index (χ4v) is 4.46. The molecule has 5 heteroatoms. The van der Waals surface area contributed by atoms with Crippen LogP contribution in [0.3, 0.4) is 0 Å². The number of carbonyl (C=O) groups is 1. The highest BCUT2D eigenvalue weighted by molar-refractivity contribution is 6.01. The number of likely N-dealkylation sites (N-methyl/N-ethyl adjacent to an activating group) is 1. The summed E-state index contributed by atoms with van der Waals surface area (Å²) in [6.45, 7) is 2.48. The van der Waals surface area contributed by atoms with Crippen LogP contribution in [-0.2, 0) is 13.1 Å². The highest BCUT2D eigenvalue weighted by Crippen LogP contribution is 2.28. The maximum atomic E-state index is 13.4. The third-order valence-corrected chi connectivity index (χ3v) is 6.03. The molecule has 3 aromatic carbocycles. The van der Waals surface area contributed by atoms with Gasteiger partial charge in [-0.2, -0.15) is 0 Å². The van der Waals surface area contributed by atoms with E-state index < -0.39 is 0 Å². The molecule has 4 aromatic rings. The number of hydrogen-bond donors (Lipinski definition) is 1. The first-order valence-corrected chi connectivity index (χ1v) is 10.9. The molecule has 1 atom stereocenters. The number of amides is 1. The molecule has 0 fully saturated rings. The molecule has 1 unspecified atom stereocenters. The molecular weight excluding hydrogens is 396 g/mol. The zero-order valence-corrected chi connectivity index (χ0v) is 18.1. The number of fused-ring (bicyclic) bond motifs is 1. The number of rotatable bonds is 5. The summed E-state index contributed by atoms with van der Waals surface area (Å²) in [4.78, 5) is 19.7. The molecule has 1 amide bonds. The zero-order valence-electron chi connectivity index (χ0n) is 18.1. The molecule has 32 heavy (non-hydrogen) atoms. The van der Waals surface area contributed by atoms with Crippen molar-refractivity contribution in [2.75, 3.05) is 13.6 Å². The van der Waals surface area contributed by atoms with Crippen LogP contribution in [0.5, 0.6) is 0 Å². The van der Waals surface area contributed by atoms with Crippen LogP contribution < -0.4 is 5.32 Å².